The van der Waals surface area contributed by atoms with E-state index in [-0.39, 0.29) is 12.1 Å². The molecule has 1 aromatic heterocycles. The molecule has 0 bridgehead atoms. The van der Waals surface area contributed by atoms with Crippen molar-refractivity contribution in [2.75, 3.05) is 6.54 Å². The number of amides is 1. The second-order valence-electron chi connectivity index (χ2n) is 5.79. The zero-order chi connectivity index (χ0) is 15.1. The molecule has 2 rings (SSSR count). The lowest BCUT2D eigenvalue weighted by Crippen LogP contribution is -2.37. The van der Waals surface area contributed by atoms with Gasteiger partial charge in [-0.25, -0.2) is 9.78 Å². The Morgan fingerprint density at radius 3 is 2.65 bits per heavy atom. The molecule has 7 heteroatoms. The Balaban J connectivity index is 2.23. The Hall–Kier alpha value is -0.320. The van der Waals surface area contributed by atoms with Gasteiger partial charge in [-0.05, 0) is 72.9 Å². The van der Waals surface area contributed by atoms with E-state index in [0.29, 0.717) is 6.54 Å². The van der Waals surface area contributed by atoms with Crippen LogP contribution in [0.25, 0.3) is 0 Å². The predicted octanol–water partition coefficient (Wildman–Crippen LogP) is 3.86. The Kier molecular flexibility index (Phi) is 4.67. The first-order chi connectivity index (χ1) is 9.17. The van der Waals surface area contributed by atoms with Gasteiger partial charge >= 0.3 is 6.09 Å². The van der Waals surface area contributed by atoms with Crippen molar-refractivity contribution in [3.63, 3.8) is 0 Å². The quantitative estimate of drug-likeness (QED) is 0.470. The number of rotatable bonds is 1. The Morgan fingerprint density at radius 2 is 2.15 bits per heavy atom. The molecule has 1 amide bonds. The zero-order valence-corrected chi connectivity index (χ0v) is 16.1. The van der Waals surface area contributed by atoms with Crippen molar-refractivity contribution in [1.82, 2.24) is 14.9 Å². The van der Waals surface area contributed by atoms with Crippen LogP contribution in [0.15, 0.2) is 11.6 Å². The molecule has 1 aliphatic heterocycles. The summed E-state index contributed by atoms with van der Waals surface area (Å²) in [4.78, 5) is 21.7. The topological polar surface area (TPSA) is 58.2 Å². The van der Waals surface area contributed by atoms with Crippen LogP contribution in [-0.4, -0.2) is 33.1 Å². The van der Waals surface area contributed by atoms with Crippen LogP contribution in [0.3, 0.4) is 0 Å². The van der Waals surface area contributed by atoms with Gasteiger partial charge in [-0.2, -0.15) is 0 Å². The largest absolute Gasteiger partial charge is 0.444 e. The molecule has 0 spiro atoms. The summed E-state index contributed by atoms with van der Waals surface area (Å²) in [6, 6.07) is -0.179. The Bertz CT molecular complexity index is 541. The average Bonchev–Trinajstić information content (AvgIpc) is 2.81. The first-order valence-electron chi connectivity index (χ1n) is 6.25. The van der Waals surface area contributed by atoms with Gasteiger partial charge in [0.15, 0.2) is 0 Å². The van der Waals surface area contributed by atoms with Gasteiger partial charge in [-0.1, -0.05) is 11.6 Å². The predicted molar refractivity (Wildman–Crippen MR) is 93.5 cm³/mol. The highest BCUT2D eigenvalue weighted by atomic mass is 127. The van der Waals surface area contributed by atoms with Crippen molar-refractivity contribution in [3.8, 4) is 0 Å². The summed E-state index contributed by atoms with van der Waals surface area (Å²) >= 11 is 4.38. The highest BCUT2D eigenvalue weighted by Crippen LogP contribution is 2.31. The lowest BCUT2D eigenvalue weighted by atomic mass is 10.2. The summed E-state index contributed by atoms with van der Waals surface area (Å²) in [5.74, 6) is 0.779. The maximum Gasteiger partial charge on any atom is 0.411 e. The van der Waals surface area contributed by atoms with E-state index in [1.165, 1.54) is 0 Å². The summed E-state index contributed by atoms with van der Waals surface area (Å²) in [6.45, 7) is 8.20. The van der Waals surface area contributed by atoms with Crippen molar-refractivity contribution < 1.29 is 9.53 Å². The molecule has 0 saturated carbocycles. The maximum absolute atomic E-state index is 12.3. The fourth-order valence-corrected chi connectivity index (χ4v) is 2.78. The molecular formula is C13H17I2N3O2. The van der Waals surface area contributed by atoms with Crippen molar-refractivity contribution >= 4 is 51.3 Å². The molecule has 20 heavy (non-hydrogen) atoms. The van der Waals surface area contributed by atoms with Crippen LogP contribution in [0.1, 0.15) is 39.6 Å². The van der Waals surface area contributed by atoms with Gasteiger partial charge in [0.05, 0.1) is 0 Å². The number of nitrogens with zero attached hydrogens (tertiary/aromatic N) is 2. The summed E-state index contributed by atoms with van der Waals surface area (Å²) < 4.78 is 7.37. The van der Waals surface area contributed by atoms with Gasteiger partial charge in [0.2, 0.25) is 0 Å². The number of ether oxygens (including phenoxy) is 1. The third-order valence-electron chi connectivity index (χ3n) is 2.74. The second-order valence-corrected chi connectivity index (χ2v) is 7.89. The normalized spacial score (nSPS) is 19.2. The monoisotopic (exact) mass is 501 g/mol. The maximum atomic E-state index is 12.3. The van der Waals surface area contributed by atoms with E-state index in [4.69, 9.17) is 4.74 Å². The number of nitrogens with one attached hydrogen (secondary N) is 1. The highest BCUT2D eigenvalue weighted by molar-refractivity contribution is 14.1. The Labute approximate surface area is 145 Å². The number of hydrogen-bond donors (Lipinski definition) is 1. The standard InChI is InChI=1S/C13H17I2N3O2/c1-7-5-8(11-16-9(14)10(15)17-11)18(6-7)12(19)20-13(2,3)4/h5,8H,6H2,1-4H3,(H,16,17)/t8-/m0/s1. The van der Waals surface area contributed by atoms with Gasteiger partial charge in [-0.15, -0.1) is 0 Å². The molecule has 0 fully saturated rings. The summed E-state index contributed by atoms with van der Waals surface area (Å²) in [7, 11) is 0. The molecule has 1 N–H and O–H groups in total. The first-order valence-corrected chi connectivity index (χ1v) is 8.41. The van der Waals surface area contributed by atoms with Gasteiger partial charge in [-0.3, -0.25) is 4.90 Å². The first kappa shape index (κ1) is 16.1. The third kappa shape index (κ3) is 3.66. The van der Waals surface area contributed by atoms with Gasteiger partial charge in [0.25, 0.3) is 0 Å². The number of carbonyl (C=O) groups is 1. The molecule has 0 aliphatic carbocycles. The van der Waals surface area contributed by atoms with E-state index >= 15 is 0 Å². The van der Waals surface area contributed by atoms with Crippen molar-refractivity contribution in [1.29, 1.82) is 0 Å². The van der Waals surface area contributed by atoms with Crippen LogP contribution in [0, 0.1) is 7.40 Å². The molecule has 2 heterocycles. The summed E-state index contributed by atoms with van der Waals surface area (Å²) in [5.41, 5.74) is 0.645. The number of carbonyl (C=O) groups excluding carboxylic acids is 1. The molecule has 5 nitrogen and oxygen atoms in total. The summed E-state index contributed by atoms with van der Waals surface area (Å²) in [6.07, 6.45) is 1.74. The number of aromatic nitrogens is 2. The minimum atomic E-state index is -0.496. The number of halogens is 2. The van der Waals surface area contributed by atoms with Crippen molar-refractivity contribution in [3.05, 3.63) is 24.9 Å². The highest BCUT2D eigenvalue weighted by Gasteiger charge is 2.34. The average molecular weight is 501 g/mol. The van der Waals surface area contributed by atoms with E-state index < -0.39 is 5.60 Å². The van der Waals surface area contributed by atoms with E-state index in [2.05, 4.69) is 61.2 Å². The van der Waals surface area contributed by atoms with Gasteiger partial charge in [0, 0.05) is 6.54 Å². The minimum Gasteiger partial charge on any atom is -0.444 e. The van der Waals surface area contributed by atoms with Crippen LogP contribution in [0.4, 0.5) is 4.79 Å². The second kappa shape index (κ2) is 5.82. The smallest absolute Gasteiger partial charge is 0.411 e. The molecule has 0 radical (unpaired) electrons. The molecule has 0 saturated heterocycles. The minimum absolute atomic E-state index is 0.179. The van der Waals surface area contributed by atoms with Crippen LogP contribution >= 0.6 is 45.2 Å². The van der Waals surface area contributed by atoms with Crippen LogP contribution in [0.2, 0.25) is 0 Å². The fraction of sp³-hybridized carbons (Fsp3) is 0.538. The van der Waals surface area contributed by atoms with E-state index in [1.54, 1.807) is 4.90 Å². The fourth-order valence-electron chi connectivity index (χ4n) is 1.99. The molecule has 0 aromatic carbocycles. The lowest BCUT2D eigenvalue weighted by molar-refractivity contribution is 0.0232. The summed E-state index contributed by atoms with van der Waals surface area (Å²) in [5, 5.41) is 0. The van der Waals surface area contributed by atoms with E-state index in [9.17, 15) is 4.79 Å². The van der Waals surface area contributed by atoms with Crippen molar-refractivity contribution in [2.24, 2.45) is 0 Å². The molecule has 0 unspecified atom stereocenters. The number of aromatic amines is 1. The molecule has 1 aromatic rings. The van der Waals surface area contributed by atoms with Gasteiger partial charge in [0.1, 0.15) is 24.9 Å². The number of hydrogen-bond acceptors (Lipinski definition) is 3. The van der Waals surface area contributed by atoms with E-state index in [1.807, 2.05) is 27.7 Å². The Morgan fingerprint density at radius 1 is 1.50 bits per heavy atom. The lowest BCUT2D eigenvalue weighted by Gasteiger charge is -2.27. The van der Waals surface area contributed by atoms with Crippen LogP contribution < -0.4 is 0 Å². The molecule has 1 aliphatic rings. The van der Waals surface area contributed by atoms with E-state index in [0.717, 1.165) is 18.8 Å². The van der Waals surface area contributed by atoms with Crippen LogP contribution in [-0.2, 0) is 4.74 Å². The zero-order valence-electron chi connectivity index (χ0n) is 11.8. The molecule has 1 atom stereocenters. The molecule has 110 valence electrons. The third-order valence-corrected chi connectivity index (χ3v) is 5.34. The van der Waals surface area contributed by atoms with Crippen molar-refractivity contribution in [2.45, 2.75) is 39.3 Å². The molecular weight excluding hydrogens is 484 g/mol. The number of imidazole rings is 1. The SMILES string of the molecule is CC1=C[C@@H](c2nc(I)c(I)[nH]2)N(C(=O)OC(C)(C)C)C1. The van der Waals surface area contributed by atoms with Gasteiger partial charge < -0.3 is 9.72 Å². The number of H-pyrrole nitrogens is 1. The van der Waals surface area contributed by atoms with Crippen LogP contribution in [0.5, 0.6) is 0 Å².